The maximum Gasteiger partial charge on any atom is 0.0452 e. The summed E-state index contributed by atoms with van der Waals surface area (Å²) in [5.74, 6) is 0. The summed E-state index contributed by atoms with van der Waals surface area (Å²) in [6.45, 7) is 5.96. The SMILES string of the molecule is Cc1ccc2c(n1)CCCN(CCN)C2. The standard InChI is InChI=1S/C12H19N3/c1-10-4-5-11-9-15(8-6-13)7-2-3-12(11)14-10/h4-5H,2-3,6-9,13H2,1H3. The summed E-state index contributed by atoms with van der Waals surface area (Å²) in [6.07, 6.45) is 2.31. The van der Waals surface area contributed by atoms with E-state index in [0.29, 0.717) is 0 Å². The summed E-state index contributed by atoms with van der Waals surface area (Å²) in [6, 6.07) is 4.32. The highest BCUT2D eigenvalue weighted by Crippen LogP contribution is 2.16. The van der Waals surface area contributed by atoms with Crippen molar-refractivity contribution in [1.82, 2.24) is 9.88 Å². The van der Waals surface area contributed by atoms with Gasteiger partial charge < -0.3 is 5.73 Å². The number of hydrogen-bond donors (Lipinski definition) is 1. The van der Waals surface area contributed by atoms with Crippen LogP contribution in [0.1, 0.15) is 23.4 Å². The number of aromatic nitrogens is 1. The van der Waals surface area contributed by atoms with E-state index in [-0.39, 0.29) is 0 Å². The normalized spacial score (nSPS) is 17.2. The Labute approximate surface area is 91.3 Å². The van der Waals surface area contributed by atoms with E-state index in [2.05, 4.69) is 28.9 Å². The van der Waals surface area contributed by atoms with Crippen LogP contribution in [0, 0.1) is 6.92 Å². The molecule has 1 aromatic rings. The Bertz CT molecular complexity index is 336. The van der Waals surface area contributed by atoms with Crippen molar-refractivity contribution in [2.45, 2.75) is 26.3 Å². The Morgan fingerprint density at radius 3 is 3.13 bits per heavy atom. The summed E-state index contributed by atoms with van der Waals surface area (Å²) in [5, 5.41) is 0. The lowest BCUT2D eigenvalue weighted by molar-refractivity contribution is 0.277. The van der Waals surface area contributed by atoms with Crippen LogP contribution in [0.3, 0.4) is 0 Å². The molecule has 2 rings (SSSR count). The number of fused-ring (bicyclic) bond motifs is 1. The third kappa shape index (κ3) is 2.55. The molecule has 1 aromatic heterocycles. The highest BCUT2D eigenvalue weighted by Gasteiger charge is 2.14. The van der Waals surface area contributed by atoms with Gasteiger partial charge in [-0.05, 0) is 37.9 Å². The maximum atomic E-state index is 5.60. The van der Waals surface area contributed by atoms with Crippen molar-refractivity contribution in [2.75, 3.05) is 19.6 Å². The van der Waals surface area contributed by atoms with Crippen LogP contribution in [0.15, 0.2) is 12.1 Å². The quantitative estimate of drug-likeness (QED) is 0.786. The van der Waals surface area contributed by atoms with Crippen LogP contribution in [0.4, 0.5) is 0 Å². The Balaban J connectivity index is 2.18. The van der Waals surface area contributed by atoms with Crippen molar-refractivity contribution in [3.05, 3.63) is 29.1 Å². The summed E-state index contributed by atoms with van der Waals surface area (Å²) in [4.78, 5) is 7.03. The fraction of sp³-hybridized carbons (Fsp3) is 0.583. The largest absolute Gasteiger partial charge is 0.329 e. The summed E-state index contributed by atoms with van der Waals surface area (Å²) in [5.41, 5.74) is 9.39. The molecule has 0 spiro atoms. The average Bonchev–Trinajstić information content (AvgIpc) is 2.40. The van der Waals surface area contributed by atoms with Crippen molar-refractivity contribution in [3.8, 4) is 0 Å². The molecule has 0 amide bonds. The van der Waals surface area contributed by atoms with Crippen LogP contribution < -0.4 is 5.73 Å². The topological polar surface area (TPSA) is 42.2 Å². The number of rotatable bonds is 2. The van der Waals surface area contributed by atoms with E-state index in [1.165, 1.54) is 17.7 Å². The van der Waals surface area contributed by atoms with Gasteiger partial charge in [0.2, 0.25) is 0 Å². The molecule has 0 bridgehead atoms. The summed E-state index contributed by atoms with van der Waals surface area (Å²) in [7, 11) is 0. The molecule has 82 valence electrons. The van der Waals surface area contributed by atoms with Gasteiger partial charge in [0.15, 0.2) is 0 Å². The lowest BCUT2D eigenvalue weighted by Crippen LogP contribution is -2.29. The first-order chi connectivity index (χ1) is 7.29. The van der Waals surface area contributed by atoms with Gasteiger partial charge in [0.05, 0.1) is 0 Å². The molecule has 0 aromatic carbocycles. The minimum atomic E-state index is 0.745. The molecule has 0 atom stereocenters. The molecule has 0 radical (unpaired) electrons. The van der Waals surface area contributed by atoms with Gasteiger partial charge in [-0.1, -0.05) is 6.07 Å². The third-order valence-corrected chi connectivity index (χ3v) is 2.93. The molecule has 0 unspecified atom stereocenters. The van der Waals surface area contributed by atoms with Crippen molar-refractivity contribution in [2.24, 2.45) is 5.73 Å². The molecule has 0 aliphatic carbocycles. The molecule has 0 saturated heterocycles. The zero-order valence-electron chi connectivity index (χ0n) is 9.37. The first-order valence-corrected chi connectivity index (χ1v) is 5.67. The van der Waals surface area contributed by atoms with E-state index in [1.807, 2.05) is 0 Å². The van der Waals surface area contributed by atoms with E-state index in [9.17, 15) is 0 Å². The zero-order valence-corrected chi connectivity index (χ0v) is 9.37. The molecule has 1 aliphatic rings. The van der Waals surface area contributed by atoms with Crippen molar-refractivity contribution in [1.29, 1.82) is 0 Å². The van der Waals surface area contributed by atoms with Crippen LogP contribution in [0.25, 0.3) is 0 Å². The van der Waals surface area contributed by atoms with Crippen LogP contribution in [0.5, 0.6) is 0 Å². The van der Waals surface area contributed by atoms with Crippen molar-refractivity contribution >= 4 is 0 Å². The lowest BCUT2D eigenvalue weighted by atomic mass is 10.1. The molecular formula is C12H19N3. The fourth-order valence-electron chi connectivity index (χ4n) is 2.16. The van der Waals surface area contributed by atoms with E-state index in [4.69, 9.17) is 5.73 Å². The number of aryl methyl sites for hydroxylation is 2. The number of nitrogens with zero attached hydrogens (tertiary/aromatic N) is 2. The highest BCUT2D eigenvalue weighted by atomic mass is 15.1. The van der Waals surface area contributed by atoms with Gasteiger partial charge in [0.25, 0.3) is 0 Å². The second-order valence-electron chi connectivity index (χ2n) is 4.23. The monoisotopic (exact) mass is 205 g/mol. The Kier molecular flexibility index (Phi) is 3.34. The predicted molar refractivity (Wildman–Crippen MR) is 61.6 cm³/mol. The summed E-state index contributed by atoms with van der Waals surface area (Å²) >= 11 is 0. The molecule has 1 aliphatic heterocycles. The minimum absolute atomic E-state index is 0.745. The van der Waals surface area contributed by atoms with Gasteiger partial charge in [-0.15, -0.1) is 0 Å². The molecule has 3 heteroatoms. The molecule has 15 heavy (non-hydrogen) atoms. The molecule has 0 saturated carbocycles. The zero-order chi connectivity index (χ0) is 10.7. The average molecular weight is 205 g/mol. The van der Waals surface area contributed by atoms with Crippen LogP contribution in [0.2, 0.25) is 0 Å². The molecular weight excluding hydrogens is 186 g/mol. The van der Waals surface area contributed by atoms with E-state index in [1.54, 1.807) is 0 Å². The van der Waals surface area contributed by atoms with Gasteiger partial charge in [0, 0.05) is 31.0 Å². The number of nitrogens with two attached hydrogens (primary N) is 1. The van der Waals surface area contributed by atoms with Crippen molar-refractivity contribution < 1.29 is 0 Å². The van der Waals surface area contributed by atoms with Gasteiger partial charge in [0.1, 0.15) is 0 Å². The second kappa shape index (κ2) is 4.73. The molecule has 2 N–H and O–H groups in total. The molecule has 0 fully saturated rings. The van der Waals surface area contributed by atoms with Crippen LogP contribution >= 0.6 is 0 Å². The highest BCUT2D eigenvalue weighted by molar-refractivity contribution is 5.23. The Morgan fingerprint density at radius 1 is 1.47 bits per heavy atom. The number of pyridine rings is 1. The van der Waals surface area contributed by atoms with Gasteiger partial charge in [-0.3, -0.25) is 9.88 Å². The first-order valence-electron chi connectivity index (χ1n) is 5.67. The Morgan fingerprint density at radius 2 is 2.33 bits per heavy atom. The number of hydrogen-bond acceptors (Lipinski definition) is 3. The van der Waals surface area contributed by atoms with Gasteiger partial charge in [-0.25, -0.2) is 0 Å². The predicted octanol–water partition coefficient (Wildman–Crippen LogP) is 1.10. The summed E-state index contributed by atoms with van der Waals surface area (Å²) < 4.78 is 0. The van der Waals surface area contributed by atoms with Crippen molar-refractivity contribution in [3.63, 3.8) is 0 Å². The third-order valence-electron chi connectivity index (χ3n) is 2.93. The fourth-order valence-corrected chi connectivity index (χ4v) is 2.16. The van der Waals surface area contributed by atoms with Crippen LogP contribution in [-0.2, 0) is 13.0 Å². The second-order valence-corrected chi connectivity index (χ2v) is 4.23. The molecule has 3 nitrogen and oxygen atoms in total. The minimum Gasteiger partial charge on any atom is -0.329 e. The van der Waals surface area contributed by atoms with E-state index >= 15 is 0 Å². The van der Waals surface area contributed by atoms with E-state index in [0.717, 1.165) is 38.3 Å². The van der Waals surface area contributed by atoms with E-state index < -0.39 is 0 Å². The van der Waals surface area contributed by atoms with Crippen LogP contribution in [-0.4, -0.2) is 29.5 Å². The molecule has 2 heterocycles. The van der Waals surface area contributed by atoms with Gasteiger partial charge >= 0.3 is 0 Å². The Hall–Kier alpha value is -0.930. The smallest absolute Gasteiger partial charge is 0.0452 e. The maximum absolute atomic E-state index is 5.60. The first kappa shape index (κ1) is 10.6. The lowest BCUT2D eigenvalue weighted by Gasteiger charge is -2.18. The van der Waals surface area contributed by atoms with Gasteiger partial charge in [-0.2, -0.15) is 0 Å².